The molecule has 0 aliphatic heterocycles. The molecular formula is C13H27N3O3. The Morgan fingerprint density at radius 1 is 1.32 bits per heavy atom. The lowest BCUT2D eigenvalue weighted by Gasteiger charge is -2.28. The molecule has 6 nitrogen and oxygen atoms in total. The smallest absolute Gasteiger partial charge is 0.315 e. The molecular weight excluding hydrogens is 246 g/mol. The van der Waals surface area contributed by atoms with E-state index >= 15 is 0 Å². The Kier molecular flexibility index (Phi) is 7.44. The normalized spacial score (nSPS) is 13.2. The monoisotopic (exact) mass is 273 g/mol. The summed E-state index contributed by atoms with van der Waals surface area (Å²) in [5.41, 5.74) is -0.00879. The van der Waals surface area contributed by atoms with Crippen LogP contribution in [0, 0.1) is 5.41 Å². The molecule has 0 aliphatic rings. The van der Waals surface area contributed by atoms with Gasteiger partial charge in [0.05, 0.1) is 0 Å². The molecule has 0 aromatic heterocycles. The van der Waals surface area contributed by atoms with Crippen molar-refractivity contribution in [2.45, 2.75) is 39.7 Å². The van der Waals surface area contributed by atoms with Gasteiger partial charge in [0.2, 0.25) is 0 Å². The summed E-state index contributed by atoms with van der Waals surface area (Å²) in [6.45, 7) is 7.42. The van der Waals surface area contributed by atoms with Gasteiger partial charge in [0.1, 0.15) is 0 Å². The van der Waals surface area contributed by atoms with Gasteiger partial charge in [0, 0.05) is 25.6 Å². The number of carboxylic acids is 1. The number of nitrogens with one attached hydrogen (secondary N) is 2. The molecule has 0 aromatic carbocycles. The number of aliphatic carboxylic acids is 1. The van der Waals surface area contributed by atoms with Gasteiger partial charge in [-0.15, -0.1) is 0 Å². The molecule has 0 saturated heterocycles. The third kappa shape index (κ3) is 10.3. The molecule has 0 radical (unpaired) electrons. The number of hydrogen-bond acceptors (Lipinski definition) is 3. The number of carbonyl (C=O) groups is 2. The molecule has 0 aliphatic carbocycles. The fraction of sp³-hybridized carbons (Fsp3) is 0.846. The Hall–Kier alpha value is -1.30. The third-order valence-electron chi connectivity index (χ3n) is 2.64. The first kappa shape index (κ1) is 17.7. The standard InChI is InChI=1S/C13H27N3O3/c1-10(6-7-11(17)18)15-12(19)14-8-13(2,3)9-16(4)5/h10H,6-9H2,1-5H3,(H,17,18)(H2,14,15,19). The van der Waals surface area contributed by atoms with E-state index in [4.69, 9.17) is 5.11 Å². The van der Waals surface area contributed by atoms with Crippen LogP contribution in [-0.4, -0.2) is 55.2 Å². The molecule has 1 atom stereocenters. The van der Waals surface area contributed by atoms with Crippen molar-refractivity contribution in [1.29, 1.82) is 0 Å². The molecule has 2 amide bonds. The van der Waals surface area contributed by atoms with Gasteiger partial charge in [0.25, 0.3) is 0 Å². The molecule has 0 bridgehead atoms. The van der Waals surface area contributed by atoms with Crippen LogP contribution >= 0.6 is 0 Å². The number of hydrogen-bond donors (Lipinski definition) is 3. The number of carbonyl (C=O) groups excluding carboxylic acids is 1. The first-order valence-electron chi connectivity index (χ1n) is 6.53. The first-order valence-corrected chi connectivity index (χ1v) is 6.53. The van der Waals surface area contributed by atoms with E-state index in [0.717, 1.165) is 6.54 Å². The van der Waals surface area contributed by atoms with Crippen molar-refractivity contribution in [3.63, 3.8) is 0 Å². The Morgan fingerprint density at radius 3 is 2.37 bits per heavy atom. The second-order valence-electron chi connectivity index (χ2n) is 6.06. The van der Waals surface area contributed by atoms with Crippen molar-refractivity contribution >= 4 is 12.0 Å². The van der Waals surface area contributed by atoms with E-state index in [1.165, 1.54) is 0 Å². The molecule has 3 N–H and O–H groups in total. The van der Waals surface area contributed by atoms with Crippen LogP contribution in [0.5, 0.6) is 0 Å². The maximum atomic E-state index is 11.6. The van der Waals surface area contributed by atoms with Gasteiger partial charge in [-0.2, -0.15) is 0 Å². The van der Waals surface area contributed by atoms with E-state index < -0.39 is 5.97 Å². The van der Waals surface area contributed by atoms with Gasteiger partial charge in [-0.1, -0.05) is 13.8 Å². The number of urea groups is 1. The summed E-state index contributed by atoms with van der Waals surface area (Å²) < 4.78 is 0. The highest BCUT2D eigenvalue weighted by molar-refractivity contribution is 5.74. The summed E-state index contributed by atoms with van der Waals surface area (Å²) in [7, 11) is 3.99. The zero-order chi connectivity index (χ0) is 15.1. The fourth-order valence-corrected chi connectivity index (χ4v) is 1.92. The Bertz CT molecular complexity index is 304. The summed E-state index contributed by atoms with van der Waals surface area (Å²) in [5.74, 6) is -0.846. The quantitative estimate of drug-likeness (QED) is 0.619. The van der Waals surface area contributed by atoms with Crippen molar-refractivity contribution in [1.82, 2.24) is 15.5 Å². The minimum absolute atomic E-state index is 0.00879. The van der Waals surface area contributed by atoms with E-state index in [1.54, 1.807) is 6.92 Å². The van der Waals surface area contributed by atoms with E-state index in [9.17, 15) is 9.59 Å². The number of nitrogens with zero attached hydrogens (tertiary/aromatic N) is 1. The van der Waals surface area contributed by atoms with Crippen molar-refractivity contribution in [2.75, 3.05) is 27.2 Å². The molecule has 0 fully saturated rings. The number of amides is 2. The molecule has 0 spiro atoms. The molecule has 1 unspecified atom stereocenters. The summed E-state index contributed by atoms with van der Waals surface area (Å²) in [5, 5.41) is 14.1. The van der Waals surface area contributed by atoms with E-state index in [2.05, 4.69) is 29.4 Å². The van der Waals surface area contributed by atoms with Crippen LogP contribution in [0.2, 0.25) is 0 Å². The lowest BCUT2D eigenvalue weighted by Crippen LogP contribution is -2.46. The lowest BCUT2D eigenvalue weighted by atomic mass is 9.93. The highest BCUT2D eigenvalue weighted by Gasteiger charge is 2.20. The number of rotatable bonds is 8. The third-order valence-corrected chi connectivity index (χ3v) is 2.64. The predicted molar refractivity (Wildman–Crippen MR) is 75.2 cm³/mol. The van der Waals surface area contributed by atoms with Gasteiger partial charge < -0.3 is 20.6 Å². The van der Waals surface area contributed by atoms with Gasteiger partial charge in [-0.3, -0.25) is 4.79 Å². The Balaban J connectivity index is 3.95. The zero-order valence-corrected chi connectivity index (χ0v) is 12.6. The largest absolute Gasteiger partial charge is 0.481 e. The van der Waals surface area contributed by atoms with Crippen LogP contribution in [0.25, 0.3) is 0 Å². The van der Waals surface area contributed by atoms with Crippen molar-refractivity contribution in [3.8, 4) is 0 Å². The van der Waals surface area contributed by atoms with Crippen LogP contribution in [0.1, 0.15) is 33.6 Å². The SMILES string of the molecule is CC(CCC(=O)O)NC(=O)NCC(C)(C)CN(C)C. The van der Waals surface area contributed by atoms with E-state index in [-0.39, 0.29) is 23.9 Å². The van der Waals surface area contributed by atoms with Crippen molar-refractivity contribution in [2.24, 2.45) is 5.41 Å². The fourth-order valence-electron chi connectivity index (χ4n) is 1.92. The molecule has 0 heterocycles. The van der Waals surface area contributed by atoms with Crippen LogP contribution in [-0.2, 0) is 4.79 Å². The summed E-state index contributed by atoms with van der Waals surface area (Å²) in [6.07, 6.45) is 0.497. The minimum atomic E-state index is -0.846. The highest BCUT2D eigenvalue weighted by atomic mass is 16.4. The Labute approximate surface area is 115 Å². The molecule has 112 valence electrons. The van der Waals surface area contributed by atoms with Crippen LogP contribution in [0.3, 0.4) is 0 Å². The van der Waals surface area contributed by atoms with Crippen molar-refractivity contribution in [3.05, 3.63) is 0 Å². The second kappa shape index (κ2) is 7.99. The van der Waals surface area contributed by atoms with Gasteiger partial charge in [-0.25, -0.2) is 4.79 Å². The topological polar surface area (TPSA) is 81.7 Å². The molecule has 0 aromatic rings. The van der Waals surface area contributed by atoms with E-state index in [1.807, 2.05) is 14.1 Å². The van der Waals surface area contributed by atoms with Gasteiger partial charge >= 0.3 is 12.0 Å². The average molecular weight is 273 g/mol. The second-order valence-corrected chi connectivity index (χ2v) is 6.06. The van der Waals surface area contributed by atoms with Gasteiger partial charge in [-0.05, 0) is 32.9 Å². The van der Waals surface area contributed by atoms with E-state index in [0.29, 0.717) is 13.0 Å². The zero-order valence-electron chi connectivity index (χ0n) is 12.6. The van der Waals surface area contributed by atoms with Crippen LogP contribution in [0.15, 0.2) is 0 Å². The van der Waals surface area contributed by atoms with Gasteiger partial charge in [0.15, 0.2) is 0 Å². The molecule has 19 heavy (non-hydrogen) atoms. The Morgan fingerprint density at radius 2 is 1.89 bits per heavy atom. The maximum Gasteiger partial charge on any atom is 0.315 e. The minimum Gasteiger partial charge on any atom is -0.481 e. The maximum absolute atomic E-state index is 11.6. The first-order chi connectivity index (χ1) is 8.62. The van der Waals surface area contributed by atoms with Crippen molar-refractivity contribution < 1.29 is 14.7 Å². The predicted octanol–water partition coefficient (Wildman–Crippen LogP) is 1.13. The lowest BCUT2D eigenvalue weighted by molar-refractivity contribution is -0.137. The molecule has 0 saturated carbocycles. The highest BCUT2D eigenvalue weighted by Crippen LogP contribution is 2.13. The summed E-state index contributed by atoms with van der Waals surface area (Å²) in [6, 6.07) is -0.391. The average Bonchev–Trinajstić information content (AvgIpc) is 2.22. The number of carboxylic acid groups (broad SMARTS) is 1. The summed E-state index contributed by atoms with van der Waals surface area (Å²) >= 11 is 0. The molecule has 6 heteroatoms. The molecule has 0 rings (SSSR count). The van der Waals surface area contributed by atoms with Crippen LogP contribution in [0.4, 0.5) is 4.79 Å². The summed E-state index contributed by atoms with van der Waals surface area (Å²) in [4.78, 5) is 24.1. The van der Waals surface area contributed by atoms with Crippen LogP contribution < -0.4 is 10.6 Å².